The van der Waals surface area contributed by atoms with E-state index in [2.05, 4.69) is 17.2 Å². The smallest absolute Gasteiger partial charge is 0.319 e. The molecule has 2 fully saturated rings. The van der Waals surface area contributed by atoms with Crippen LogP contribution in [-0.2, 0) is 9.53 Å². The molecule has 1 aliphatic heterocycles. The molecule has 1 aromatic rings. The van der Waals surface area contributed by atoms with Gasteiger partial charge in [-0.05, 0) is 31.2 Å². The van der Waals surface area contributed by atoms with E-state index in [-0.39, 0.29) is 12.0 Å². The molecular formula is C22H30N2O4. The van der Waals surface area contributed by atoms with Crippen LogP contribution < -0.4 is 15.4 Å². The lowest BCUT2D eigenvalue weighted by atomic mass is 9.88. The van der Waals surface area contributed by atoms with Gasteiger partial charge in [0.1, 0.15) is 11.7 Å². The van der Waals surface area contributed by atoms with Gasteiger partial charge in [-0.1, -0.05) is 51.0 Å². The molecule has 1 saturated carbocycles. The second kappa shape index (κ2) is 9.62. The Labute approximate surface area is 166 Å². The third-order valence-electron chi connectivity index (χ3n) is 5.43. The van der Waals surface area contributed by atoms with Gasteiger partial charge in [-0.2, -0.15) is 0 Å². The number of nitrogens with one attached hydrogen (secondary N) is 2. The summed E-state index contributed by atoms with van der Waals surface area (Å²) < 4.78 is 11.5. The van der Waals surface area contributed by atoms with Gasteiger partial charge in [-0.3, -0.25) is 4.79 Å². The minimum atomic E-state index is -0.701. The highest BCUT2D eigenvalue weighted by Gasteiger charge is 2.40. The summed E-state index contributed by atoms with van der Waals surface area (Å²) in [5.41, 5.74) is 1.11. The van der Waals surface area contributed by atoms with Crippen LogP contribution in [0.1, 0.15) is 57.1 Å². The number of urea groups is 1. The lowest BCUT2D eigenvalue weighted by molar-refractivity contribution is -0.150. The number of amides is 2. The van der Waals surface area contributed by atoms with Crippen molar-refractivity contribution < 1.29 is 19.1 Å². The number of ether oxygens (including phenoxy) is 2. The van der Waals surface area contributed by atoms with Crippen molar-refractivity contribution in [2.45, 2.75) is 51.5 Å². The average Bonchev–Trinajstić information content (AvgIpc) is 2.71. The largest absolute Gasteiger partial charge is 0.493 e. The van der Waals surface area contributed by atoms with Gasteiger partial charge in [-0.25, -0.2) is 4.79 Å². The Balaban J connectivity index is 1.78. The number of hydrogen-bond donors (Lipinski definition) is 2. The van der Waals surface area contributed by atoms with Crippen molar-refractivity contribution in [3.8, 4) is 5.75 Å². The van der Waals surface area contributed by atoms with Gasteiger partial charge in [0.05, 0.1) is 19.3 Å². The first kappa shape index (κ1) is 20.2. The van der Waals surface area contributed by atoms with Crippen LogP contribution in [0, 0.1) is 11.8 Å². The second-order valence-corrected chi connectivity index (χ2v) is 7.60. The third kappa shape index (κ3) is 4.86. The van der Waals surface area contributed by atoms with E-state index in [0.717, 1.165) is 24.8 Å². The van der Waals surface area contributed by atoms with Crippen LogP contribution in [0.3, 0.4) is 0 Å². The number of para-hydroxylation sites is 1. The van der Waals surface area contributed by atoms with Crippen LogP contribution in [0.4, 0.5) is 4.79 Å². The molecule has 6 heteroatoms. The van der Waals surface area contributed by atoms with Crippen molar-refractivity contribution in [3.05, 3.63) is 42.1 Å². The normalized spacial score (nSPS) is 22.9. The maximum Gasteiger partial charge on any atom is 0.319 e. The first-order valence-electron chi connectivity index (χ1n) is 10.2. The molecular weight excluding hydrogens is 356 g/mol. The molecule has 0 spiro atoms. The van der Waals surface area contributed by atoms with E-state index in [0.29, 0.717) is 30.6 Å². The van der Waals surface area contributed by atoms with Gasteiger partial charge in [-0.15, -0.1) is 0 Å². The molecule has 1 aliphatic carbocycles. The minimum Gasteiger partial charge on any atom is -0.493 e. The molecule has 0 aromatic heterocycles. The standard InChI is InChI=1S/C22H30N2O4/c1-3-13-27-18-12-8-7-11-17(18)20-19(15(2)23-22(26)24-20)21(25)28-14-16-9-5-4-6-10-16/h7-8,11-12,16,19-20H,2-6,9-10,13-14H2,1H3,(H2,23,24,26)/t19-,20-/m0/s1. The molecule has 6 nitrogen and oxygen atoms in total. The Morgan fingerprint density at radius 1 is 1.21 bits per heavy atom. The Bertz CT molecular complexity index is 712. The molecule has 0 bridgehead atoms. The van der Waals surface area contributed by atoms with Crippen LogP contribution in [0.2, 0.25) is 0 Å². The summed E-state index contributed by atoms with van der Waals surface area (Å²) in [6, 6.07) is 6.52. The molecule has 28 heavy (non-hydrogen) atoms. The molecule has 0 radical (unpaired) electrons. The van der Waals surface area contributed by atoms with Gasteiger partial charge in [0, 0.05) is 11.3 Å². The molecule has 2 amide bonds. The maximum atomic E-state index is 13.0. The zero-order valence-electron chi connectivity index (χ0n) is 16.5. The first-order chi connectivity index (χ1) is 13.6. The van der Waals surface area contributed by atoms with E-state index in [1.165, 1.54) is 19.3 Å². The molecule has 3 rings (SSSR count). The zero-order valence-corrected chi connectivity index (χ0v) is 16.5. The SMILES string of the molecule is C=C1NC(=O)N[C@@H](c2ccccc2OCCC)[C@H]1C(=O)OCC1CCCCC1. The average molecular weight is 386 g/mol. The second-order valence-electron chi connectivity index (χ2n) is 7.60. The summed E-state index contributed by atoms with van der Waals surface area (Å²) in [7, 11) is 0. The number of hydrogen-bond acceptors (Lipinski definition) is 4. The Morgan fingerprint density at radius 2 is 1.96 bits per heavy atom. The predicted molar refractivity (Wildman–Crippen MR) is 107 cm³/mol. The predicted octanol–water partition coefficient (Wildman–Crippen LogP) is 4.08. The lowest BCUT2D eigenvalue weighted by Crippen LogP contribution is -2.51. The van der Waals surface area contributed by atoms with Gasteiger partial charge in [0.2, 0.25) is 0 Å². The number of carbonyl (C=O) groups is 2. The van der Waals surface area contributed by atoms with Crippen LogP contribution in [0.25, 0.3) is 0 Å². The van der Waals surface area contributed by atoms with E-state index in [1.807, 2.05) is 31.2 Å². The fourth-order valence-corrected chi connectivity index (χ4v) is 3.95. The monoisotopic (exact) mass is 386 g/mol. The number of carbonyl (C=O) groups excluding carboxylic acids is 2. The zero-order chi connectivity index (χ0) is 19.9. The number of rotatable bonds is 7. The van der Waals surface area contributed by atoms with Crippen molar-refractivity contribution in [2.24, 2.45) is 11.8 Å². The quantitative estimate of drug-likeness (QED) is 0.692. The van der Waals surface area contributed by atoms with Crippen LogP contribution >= 0.6 is 0 Å². The Hall–Kier alpha value is -2.50. The Kier molecular flexibility index (Phi) is 6.95. The third-order valence-corrected chi connectivity index (χ3v) is 5.43. The topological polar surface area (TPSA) is 76.7 Å². The fraction of sp³-hybridized carbons (Fsp3) is 0.545. The first-order valence-corrected chi connectivity index (χ1v) is 10.2. The van der Waals surface area contributed by atoms with E-state index < -0.39 is 12.0 Å². The van der Waals surface area contributed by atoms with E-state index >= 15 is 0 Å². The van der Waals surface area contributed by atoms with E-state index in [9.17, 15) is 9.59 Å². The molecule has 1 aromatic carbocycles. The van der Waals surface area contributed by atoms with E-state index in [1.54, 1.807) is 0 Å². The lowest BCUT2D eigenvalue weighted by Gasteiger charge is -2.34. The molecule has 0 unspecified atom stereocenters. The van der Waals surface area contributed by atoms with Crippen LogP contribution in [-0.4, -0.2) is 25.2 Å². The van der Waals surface area contributed by atoms with Crippen LogP contribution in [0.5, 0.6) is 5.75 Å². The van der Waals surface area contributed by atoms with Crippen molar-refractivity contribution in [3.63, 3.8) is 0 Å². The van der Waals surface area contributed by atoms with Crippen molar-refractivity contribution >= 4 is 12.0 Å². The molecule has 2 N–H and O–H groups in total. The summed E-state index contributed by atoms with van der Waals surface area (Å²) in [4.78, 5) is 25.0. The molecule has 152 valence electrons. The molecule has 1 saturated heterocycles. The maximum absolute atomic E-state index is 13.0. The van der Waals surface area contributed by atoms with Crippen molar-refractivity contribution in [1.29, 1.82) is 0 Å². The van der Waals surface area contributed by atoms with Crippen LogP contribution in [0.15, 0.2) is 36.5 Å². The molecule has 2 atom stereocenters. The number of esters is 1. The van der Waals surface area contributed by atoms with Gasteiger partial charge in [0.15, 0.2) is 0 Å². The molecule has 1 heterocycles. The van der Waals surface area contributed by atoms with E-state index in [4.69, 9.17) is 9.47 Å². The summed E-state index contributed by atoms with van der Waals surface area (Å²) in [5.74, 6) is 0.0243. The highest BCUT2D eigenvalue weighted by Crippen LogP contribution is 2.36. The minimum absolute atomic E-state index is 0.354. The highest BCUT2D eigenvalue weighted by molar-refractivity contribution is 5.85. The summed E-state index contributed by atoms with van der Waals surface area (Å²) >= 11 is 0. The molecule has 2 aliphatic rings. The summed E-state index contributed by atoms with van der Waals surface area (Å²) in [5, 5.41) is 5.48. The van der Waals surface area contributed by atoms with Gasteiger partial charge in [0.25, 0.3) is 0 Å². The fourth-order valence-electron chi connectivity index (χ4n) is 3.95. The summed E-state index contributed by atoms with van der Waals surface area (Å²) in [6.45, 7) is 6.94. The Morgan fingerprint density at radius 3 is 2.71 bits per heavy atom. The summed E-state index contributed by atoms with van der Waals surface area (Å²) in [6.07, 6.45) is 6.72. The van der Waals surface area contributed by atoms with Crippen molar-refractivity contribution in [1.82, 2.24) is 10.6 Å². The van der Waals surface area contributed by atoms with Gasteiger partial charge >= 0.3 is 12.0 Å². The van der Waals surface area contributed by atoms with Gasteiger partial charge < -0.3 is 20.1 Å². The van der Waals surface area contributed by atoms with Crippen molar-refractivity contribution in [2.75, 3.05) is 13.2 Å². The highest BCUT2D eigenvalue weighted by atomic mass is 16.5. The number of benzene rings is 1.